The molecule has 1 unspecified atom stereocenters. The molecule has 0 saturated heterocycles. The number of esters is 1. The number of carbonyl (C=O) groups excluding carboxylic acids is 1. The molecule has 11 heavy (non-hydrogen) atoms. The van der Waals surface area contributed by atoms with E-state index in [-0.39, 0.29) is 11.9 Å². The number of hydrogen-bond donors (Lipinski definition) is 0. The van der Waals surface area contributed by atoms with Crippen molar-refractivity contribution in [2.45, 2.75) is 26.7 Å². The minimum absolute atomic E-state index is 0.0486. The molecule has 0 bridgehead atoms. The van der Waals surface area contributed by atoms with Crippen LogP contribution < -0.4 is 0 Å². The van der Waals surface area contributed by atoms with Gasteiger partial charge in [-0.1, -0.05) is 22.9 Å². The standard InChI is InChI=1S/C8H15BrO2/c1-3-11-8(10)7(2)5-4-6-9/h7H,3-6H2,1-2H3. The molecular weight excluding hydrogens is 208 g/mol. The third-order valence-corrected chi connectivity index (χ3v) is 2.02. The van der Waals surface area contributed by atoms with E-state index >= 15 is 0 Å². The Kier molecular flexibility index (Phi) is 6.62. The van der Waals surface area contributed by atoms with Gasteiger partial charge in [0.1, 0.15) is 0 Å². The Morgan fingerprint density at radius 2 is 2.27 bits per heavy atom. The first-order valence-corrected chi connectivity index (χ1v) is 5.07. The van der Waals surface area contributed by atoms with E-state index in [4.69, 9.17) is 4.74 Å². The molecule has 2 nitrogen and oxygen atoms in total. The smallest absolute Gasteiger partial charge is 0.308 e. The minimum atomic E-state index is -0.0755. The molecule has 0 rings (SSSR count). The van der Waals surface area contributed by atoms with Crippen LogP contribution in [-0.4, -0.2) is 17.9 Å². The molecule has 0 aromatic rings. The summed E-state index contributed by atoms with van der Waals surface area (Å²) in [6.07, 6.45) is 1.93. The Labute approximate surface area is 76.4 Å². The fourth-order valence-corrected chi connectivity index (χ4v) is 1.11. The van der Waals surface area contributed by atoms with Crippen LogP contribution in [-0.2, 0) is 9.53 Å². The Hall–Kier alpha value is -0.0500. The van der Waals surface area contributed by atoms with Crippen molar-refractivity contribution in [3.8, 4) is 0 Å². The largest absolute Gasteiger partial charge is 0.466 e. The molecule has 0 N–H and O–H groups in total. The molecule has 0 spiro atoms. The van der Waals surface area contributed by atoms with Gasteiger partial charge < -0.3 is 4.74 Å². The molecule has 0 fully saturated rings. The maximum atomic E-state index is 11.0. The Morgan fingerprint density at radius 3 is 2.73 bits per heavy atom. The van der Waals surface area contributed by atoms with Crippen LogP contribution in [0.3, 0.4) is 0 Å². The van der Waals surface area contributed by atoms with Gasteiger partial charge in [-0.15, -0.1) is 0 Å². The maximum Gasteiger partial charge on any atom is 0.308 e. The van der Waals surface area contributed by atoms with Crippen molar-refractivity contribution in [1.29, 1.82) is 0 Å². The summed E-state index contributed by atoms with van der Waals surface area (Å²) in [7, 11) is 0. The van der Waals surface area contributed by atoms with Gasteiger partial charge in [-0.25, -0.2) is 0 Å². The normalized spacial score (nSPS) is 12.6. The van der Waals surface area contributed by atoms with Crippen LogP contribution in [0.2, 0.25) is 0 Å². The number of carbonyl (C=O) groups is 1. The second kappa shape index (κ2) is 6.65. The summed E-state index contributed by atoms with van der Waals surface area (Å²) in [5.74, 6) is -0.0269. The number of halogens is 1. The number of hydrogen-bond acceptors (Lipinski definition) is 2. The molecule has 66 valence electrons. The molecule has 1 atom stereocenters. The quantitative estimate of drug-likeness (QED) is 0.528. The molecular formula is C8H15BrO2. The first-order valence-electron chi connectivity index (χ1n) is 3.95. The van der Waals surface area contributed by atoms with Crippen molar-refractivity contribution in [3.63, 3.8) is 0 Å². The zero-order valence-corrected chi connectivity index (χ0v) is 8.69. The first kappa shape index (κ1) is 11.0. The van der Waals surface area contributed by atoms with E-state index in [0.29, 0.717) is 6.61 Å². The second-order valence-corrected chi connectivity index (χ2v) is 3.28. The summed E-state index contributed by atoms with van der Waals surface area (Å²) in [6, 6.07) is 0. The Morgan fingerprint density at radius 1 is 1.64 bits per heavy atom. The van der Waals surface area contributed by atoms with Gasteiger partial charge in [0.25, 0.3) is 0 Å². The molecule has 0 saturated carbocycles. The topological polar surface area (TPSA) is 26.3 Å². The highest BCUT2D eigenvalue weighted by molar-refractivity contribution is 9.09. The highest BCUT2D eigenvalue weighted by Gasteiger charge is 2.12. The fourth-order valence-electron chi connectivity index (χ4n) is 0.786. The molecule has 0 aromatic carbocycles. The van der Waals surface area contributed by atoms with Crippen molar-refractivity contribution in [1.82, 2.24) is 0 Å². The molecule has 0 aliphatic carbocycles. The lowest BCUT2D eigenvalue weighted by Crippen LogP contribution is -2.14. The third kappa shape index (κ3) is 5.24. The molecule has 3 heteroatoms. The van der Waals surface area contributed by atoms with E-state index in [1.54, 1.807) is 0 Å². The van der Waals surface area contributed by atoms with Gasteiger partial charge in [0.2, 0.25) is 0 Å². The van der Waals surface area contributed by atoms with Gasteiger partial charge in [-0.2, -0.15) is 0 Å². The van der Waals surface area contributed by atoms with Gasteiger partial charge in [0, 0.05) is 5.33 Å². The lowest BCUT2D eigenvalue weighted by Gasteiger charge is -2.08. The highest BCUT2D eigenvalue weighted by Crippen LogP contribution is 2.08. The highest BCUT2D eigenvalue weighted by atomic mass is 79.9. The summed E-state index contributed by atoms with van der Waals surface area (Å²) >= 11 is 3.31. The lowest BCUT2D eigenvalue weighted by atomic mass is 10.1. The van der Waals surface area contributed by atoms with E-state index in [2.05, 4.69) is 15.9 Å². The summed E-state index contributed by atoms with van der Waals surface area (Å²) in [5.41, 5.74) is 0. The van der Waals surface area contributed by atoms with Crippen molar-refractivity contribution in [2.24, 2.45) is 5.92 Å². The van der Waals surface area contributed by atoms with Gasteiger partial charge in [-0.3, -0.25) is 4.79 Å². The average Bonchev–Trinajstić information content (AvgIpc) is 2.00. The number of alkyl halides is 1. The predicted octanol–water partition coefficient (Wildman–Crippen LogP) is 2.36. The van der Waals surface area contributed by atoms with Crippen molar-refractivity contribution < 1.29 is 9.53 Å². The Bertz CT molecular complexity index is 115. The molecule has 0 aliphatic rings. The van der Waals surface area contributed by atoms with E-state index in [0.717, 1.165) is 18.2 Å². The van der Waals surface area contributed by atoms with Crippen molar-refractivity contribution in [3.05, 3.63) is 0 Å². The third-order valence-electron chi connectivity index (χ3n) is 1.46. The van der Waals surface area contributed by atoms with Crippen LogP contribution in [0.25, 0.3) is 0 Å². The minimum Gasteiger partial charge on any atom is -0.466 e. The van der Waals surface area contributed by atoms with E-state index in [1.807, 2.05) is 13.8 Å². The summed E-state index contributed by atoms with van der Waals surface area (Å²) in [5, 5.41) is 0.955. The van der Waals surface area contributed by atoms with Crippen LogP contribution in [0.15, 0.2) is 0 Å². The molecule has 0 aromatic heterocycles. The van der Waals surface area contributed by atoms with E-state index in [1.165, 1.54) is 0 Å². The van der Waals surface area contributed by atoms with Crippen molar-refractivity contribution in [2.75, 3.05) is 11.9 Å². The monoisotopic (exact) mass is 222 g/mol. The van der Waals surface area contributed by atoms with Crippen molar-refractivity contribution >= 4 is 21.9 Å². The summed E-state index contributed by atoms with van der Waals surface area (Å²) < 4.78 is 4.85. The number of rotatable bonds is 5. The van der Waals surface area contributed by atoms with Crippen LogP contribution in [0.4, 0.5) is 0 Å². The van der Waals surface area contributed by atoms with Gasteiger partial charge in [0.05, 0.1) is 12.5 Å². The Balaban J connectivity index is 3.46. The maximum absolute atomic E-state index is 11.0. The van der Waals surface area contributed by atoms with Crippen LogP contribution in [0.5, 0.6) is 0 Å². The molecule has 0 heterocycles. The molecule has 0 radical (unpaired) electrons. The van der Waals surface area contributed by atoms with E-state index < -0.39 is 0 Å². The van der Waals surface area contributed by atoms with Crippen LogP contribution in [0.1, 0.15) is 26.7 Å². The van der Waals surface area contributed by atoms with Crippen LogP contribution in [0, 0.1) is 5.92 Å². The average molecular weight is 223 g/mol. The van der Waals surface area contributed by atoms with E-state index in [9.17, 15) is 4.79 Å². The number of ether oxygens (including phenoxy) is 1. The zero-order chi connectivity index (χ0) is 8.69. The molecule has 0 amide bonds. The molecule has 0 aliphatic heterocycles. The fraction of sp³-hybridized carbons (Fsp3) is 0.875. The zero-order valence-electron chi connectivity index (χ0n) is 7.10. The van der Waals surface area contributed by atoms with Gasteiger partial charge in [0.15, 0.2) is 0 Å². The summed E-state index contributed by atoms with van der Waals surface area (Å²) in [6.45, 7) is 4.22. The van der Waals surface area contributed by atoms with Gasteiger partial charge >= 0.3 is 5.97 Å². The summed E-state index contributed by atoms with van der Waals surface area (Å²) in [4.78, 5) is 11.0. The SMILES string of the molecule is CCOC(=O)C(C)CCCBr. The lowest BCUT2D eigenvalue weighted by molar-refractivity contribution is -0.147. The van der Waals surface area contributed by atoms with Gasteiger partial charge in [-0.05, 0) is 19.8 Å². The second-order valence-electron chi connectivity index (χ2n) is 2.48. The van der Waals surface area contributed by atoms with Crippen LogP contribution >= 0.6 is 15.9 Å². The predicted molar refractivity (Wildman–Crippen MR) is 48.8 cm³/mol. The first-order chi connectivity index (χ1) is 5.22.